The SMILES string of the molecule is CNCc1occc1-c1cnn(-c2ccccc2)c1. The average Bonchev–Trinajstić information content (AvgIpc) is 3.08. The van der Waals surface area contributed by atoms with Gasteiger partial charge in [-0.15, -0.1) is 0 Å². The number of furan rings is 1. The van der Waals surface area contributed by atoms with Gasteiger partial charge in [-0.05, 0) is 25.2 Å². The van der Waals surface area contributed by atoms with E-state index in [1.807, 2.05) is 60.5 Å². The summed E-state index contributed by atoms with van der Waals surface area (Å²) in [5.41, 5.74) is 3.19. The molecule has 0 spiro atoms. The van der Waals surface area contributed by atoms with Gasteiger partial charge in [-0.2, -0.15) is 5.10 Å². The van der Waals surface area contributed by atoms with Crippen molar-refractivity contribution in [3.8, 4) is 16.8 Å². The Morgan fingerprint density at radius 1 is 1.21 bits per heavy atom. The number of hydrogen-bond acceptors (Lipinski definition) is 3. The lowest BCUT2D eigenvalue weighted by Crippen LogP contribution is -2.04. The van der Waals surface area contributed by atoms with Gasteiger partial charge in [0.1, 0.15) is 5.76 Å². The lowest BCUT2D eigenvalue weighted by molar-refractivity contribution is 0.497. The third-order valence-electron chi connectivity index (χ3n) is 3.00. The van der Waals surface area contributed by atoms with Crippen LogP contribution < -0.4 is 5.32 Å². The molecule has 96 valence electrons. The molecule has 0 aliphatic carbocycles. The van der Waals surface area contributed by atoms with Gasteiger partial charge in [0.15, 0.2) is 0 Å². The van der Waals surface area contributed by atoms with E-state index in [9.17, 15) is 0 Å². The fourth-order valence-electron chi connectivity index (χ4n) is 2.08. The van der Waals surface area contributed by atoms with Crippen molar-refractivity contribution in [2.45, 2.75) is 6.54 Å². The molecule has 0 bridgehead atoms. The normalized spacial score (nSPS) is 10.8. The first-order valence-electron chi connectivity index (χ1n) is 6.20. The fourth-order valence-corrected chi connectivity index (χ4v) is 2.08. The maximum atomic E-state index is 5.47. The van der Waals surface area contributed by atoms with Gasteiger partial charge in [0, 0.05) is 17.3 Å². The number of benzene rings is 1. The van der Waals surface area contributed by atoms with E-state index in [2.05, 4.69) is 10.4 Å². The number of hydrogen-bond donors (Lipinski definition) is 1. The quantitative estimate of drug-likeness (QED) is 0.777. The summed E-state index contributed by atoms with van der Waals surface area (Å²) in [5, 5.41) is 7.50. The number of rotatable bonds is 4. The van der Waals surface area contributed by atoms with Crippen molar-refractivity contribution >= 4 is 0 Å². The minimum absolute atomic E-state index is 0.707. The average molecular weight is 253 g/mol. The van der Waals surface area contributed by atoms with Crippen molar-refractivity contribution in [2.24, 2.45) is 0 Å². The van der Waals surface area contributed by atoms with Gasteiger partial charge in [-0.25, -0.2) is 4.68 Å². The van der Waals surface area contributed by atoms with Crippen LogP contribution in [0.1, 0.15) is 5.76 Å². The van der Waals surface area contributed by atoms with Gasteiger partial charge < -0.3 is 9.73 Å². The van der Waals surface area contributed by atoms with Crippen molar-refractivity contribution in [3.05, 3.63) is 60.8 Å². The molecule has 4 heteroatoms. The van der Waals surface area contributed by atoms with Crippen molar-refractivity contribution in [1.29, 1.82) is 0 Å². The molecule has 2 heterocycles. The Morgan fingerprint density at radius 3 is 2.84 bits per heavy atom. The largest absolute Gasteiger partial charge is 0.467 e. The standard InChI is InChI=1S/C15H15N3O/c1-16-10-15-14(7-8-19-15)12-9-17-18(11-12)13-5-3-2-4-6-13/h2-9,11,16H,10H2,1H3. The molecular formula is C15H15N3O. The topological polar surface area (TPSA) is 43.0 Å². The van der Waals surface area contributed by atoms with Gasteiger partial charge in [-0.1, -0.05) is 18.2 Å². The van der Waals surface area contributed by atoms with Crippen LogP contribution in [0.15, 0.2) is 59.5 Å². The van der Waals surface area contributed by atoms with E-state index < -0.39 is 0 Å². The minimum atomic E-state index is 0.707. The second-order valence-electron chi connectivity index (χ2n) is 4.30. The molecule has 1 N–H and O–H groups in total. The van der Waals surface area contributed by atoms with Gasteiger partial charge in [0.25, 0.3) is 0 Å². The molecule has 0 aliphatic heterocycles. The summed E-state index contributed by atoms with van der Waals surface area (Å²) in [7, 11) is 1.90. The highest BCUT2D eigenvalue weighted by Crippen LogP contribution is 2.25. The van der Waals surface area contributed by atoms with Gasteiger partial charge in [0.05, 0.1) is 24.7 Å². The Morgan fingerprint density at radius 2 is 2.05 bits per heavy atom. The Labute approximate surface area is 111 Å². The molecule has 0 saturated carbocycles. The molecule has 0 amide bonds. The fraction of sp³-hybridized carbons (Fsp3) is 0.133. The predicted molar refractivity (Wildman–Crippen MR) is 74.0 cm³/mol. The van der Waals surface area contributed by atoms with Crippen molar-refractivity contribution < 1.29 is 4.42 Å². The first kappa shape index (κ1) is 11.7. The summed E-state index contributed by atoms with van der Waals surface area (Å²) in [6.45, 7) is 0.707. The zero-order chi connectivity index (χ0) is 13.1. The summed E-state index contributed by atoms with van der Waals surface area (Å²) >= 11 is 0. The van der Waals surface area contributed by atoms with Crippen LogP contribution in [0, 0.1) is 0 Å². The van der Waals surface area contributed by atoms with E-state index >= 15 is 0 Å². The molecule has 19 heavy (non-hydrogen) atoms. The molecule has 2 aromatic heterocycles. The zero-order valence-corrected chi connectivity index (χ0v) is 10.7. The first-order valence-corrected chi connectivity index (χ1v) is 6.20. The minimum Gasteiger partial charge on any atom is -0.467 e. The molecule has 0 aliphatic rings. The molecule has 0 saturated heterocycles. The maximum Gasteiger partial charge on any atom is 0.125 e. The van der Waals surface area contributed by atoms with Gasteiger partial charge in [0.2, 0.25) is 0 Å². The molecule has 0 unspecified atom stereocenters. The van der Waals surface area contributed by atoms with Crippen LogP contribution in [0.25, 0.3) is 16.8 Å². The van der Waals surface area contributed by atoms with Crippen LogP contribution in [-0.2, 0) is 6.54 Å². The number of para-hydroxylation sites is 1. The Hall–Kier alpha value is -2.33. The van der Waals surface area contributed by atoms with Crippen molar-refractivity contribution in [1.82, 2.24) is 15.1 Å². The molecule has 0 fully saturated rings. The molecule has 0 radical (unpaired) electrons. The highest BCUT2D eigenvalue weighted by molar-refractivity contribution is 5.64. The molecule has 3 rings (SSSR count). The van der Waals surface area contributed by atoms with Crippen LogP contribution in [-0.4, -0.2) is 16.8 Å². The maximum absolute atomic E-state index is 5.47. The third kappa shape index (κ3) is 2.30. The van der Waals surface area contributed by atoms with Crippen molar-refractivity contribution in [2.75, 3.05) is 7.05 Å². The van der Waals surface area contributed by atoms with Crippen LogP contribution in [0.3, 0.4) is 0 Å². The van der Waals surface area contributed by atoms with Crippen LogP contribution in [0.4, 0.5) is 0 Å². The van der Waals surface area contributed by atoms with E-state index in [1.165, 1.54) is 0 Å². The van der Waals surface area contributed by atoms with Crippen LogP contribution in [0.5, 0.6) is 0 Å². The van der Waals surface area contributed by atoms with E-state index in [0.717, 1.165) is 22.6 Å². The summed E-state index contributed by atoms with van der Waals surface area (Å²) in [4.78, 5) is 0. The lowest BCUT2D eigenvalue weighted by atomic mass is 10.1. The highest BCUT2D eigenvalue weighted by atomic mass is 16.3. The van der Waals surface area contributed by atoms with Gasteiger partial charge >= 0.3 is 0 Å². The monoisotopic (exact) mass is 253 g/mol. The molecular weight excluding hydrogens is 238 g/mol. The van der Waals surface area contributed by atoms with Gasteiger partial charge in [-0.3, -0.25) is 0 Å². The second-order valence-corrected chi connectivity index (χ2v) is 4.30. The Bertz CT molecular complexity index is 655. The summed E-state index contributed by atoms with van der Waals surface area (Å²) in [6.07, 6.45) is 5.58. The van der Waals surface area contributed by atoms with Crippen LogP contribution in [0.2, 0.25) is 0 Å². The third-order valence-corrected chi connectivity index (χ3v) is 3.00. The summed E-state index contributed by atoms with van der Waals surface area (Å²) < 4.78 is 7.34. The molecule has 0 atom stereocenters. The number of nitrogens with one attached hydrogen (secondary N) is 1. The summed E-state index contributed by atoms with van der Waals surface area (Å²) in [5.74, 6) is 0.926. The number of aromatic nitrogens is 2. The van der Waals surface area contributed by atoms with E-state index in [1.54, 1.807) is 6.26 Å². The Balaban J connectivity index is 1.95. The predicted octanol–water partition coefficient (Wildman–Crippen LogP) is 2.85. The smallest absolute Gasteiger partial charge is 0.125 e. The number of nitrogens with zero attached hydrogens (tertiary/aromatic N) is 2. The molecule has 4 nitrogen and oxygen atoms in total. The lowest BCUT2D eigenvalue weighted by Gasteiger charge is -2.00. The second kappa shape index (κ2) is 5.12. The van der Waals surface area contributed by atoms with E-state index in [4.69, 9.17) is 4.42 Å². The summed E-state index contributed by atoms with van der Waals surface area (Å²) in [6, 6.07) is 12.0. The van der Waals surface area contributed by atoms with E-state index in [0.29, 0.717) is 6.54 Å². The van der Waals surface area contributed by atoms with E-state index in [-0.39, 0.29) is 0 Å². The Kier molecular flexibility index (Phi) is 3.16. The highest BCUT2D eigenvalue weighted by Gasteiger charge is 2.10. The van der Waals surface area contributed by atoms with Crippen LogP contribution >= 0.6 is 0 Å². The molecule has 1 aromatic carbocycles. The first-order chi connectivity index (χ1) is 9.38. The zero-order valence-electron chi connectivity index (χ0n) is 10.7. The molecule has 3 aromatic rings. The van der Waals surface area contributed by atoms with Crippen molar-refractivity contribution in [3.63, 3.8) is 0 Å².